The van der Waals surface area contributed by atoms with Gasteiger partial charge < -0.3 is 4.42 Å². The molecule has 0 saturated carbocycles. The normalized spacial score (nSPS) is 11.9. The largest absolute Gasteiger partial charge is 0.421 e. The van der Waals surface area contributed by atoms with Gasteiger partial charge in [0.2, 0.25) is 0 Å². The summed E-state index contributed by atoms with van der Waals surface area (Å²) in [6, 6.07) is 13.2. The molecule has 23 heavy (non-hydrogen) atoms. The zero-order chi connectivity index (χ0) is 15.6. The second kappa shape index (κ2) is 4.13. The first kappa shape index (κ1) is 12.3. The van der Waals surface area contributed by atoms with Crippen LogP contribution in [0, 0.1) is 6.92 Å². The summed E-state index contributed by atoms with van der Waals surface area (Å²) in [6.45, 7) is 1.99. The van der Waals surface area contributed by atoms with Gasteiger partial charge in [0.1, 0.15) is 0 Å². The van der Waals surface area contributed by atoms with E-state index < -0.39 is 0 Å². The van der Waals surface area contributed by atoms with Crippen molar-refractivity contribution in [3.05, 3.63) is 58.4 Å². The average molecular weight is 302 g/mol. The maximum Gasteiger partial charge on any atom is 0.344 e. The minimum atomic E-state index is -0.354. The van der Waals surface area contributed by atoms with E-state index >= 15 is 0 Å². The van der Waals surface area contributed by atoms with Gasteiger partial charge >= 0.3 is 5.63 Å². The third-order valence-corrected chi connectivity index (χ3v) is 4.16. The molecule has 0 fully saturated rings. The first-order chi connectivity index (χ1) is 11.2. The number of aryl methyl sites for hydroxylation is 1. The van der Waals surface area contributed by atoms with Crippen molar-refractivity contribution in [1.29, 1.82) is 0 Å². The molecule has 0 unspecified atom stereocenters. The van der Waals surface area contributed by atoms with Crippen LogP contribution in [0.25, 0.3) is 38.3 Å². The molecule has 0 N–H and O–H groups in total. The smallest absolute Gasteiger partial charge is 0.344 e. The molecular formula is C17H10N4O2. The third-order valence-electron chi connectivity index (χ3n) is 4.16. The highest BCUT2D eigenvalue weighted by Crippen LogP contribution is 2.32. The fourth-order valence-electron chi connectivity index (χ4n) is 3.13. The maximum absolute atomic E-state index is 12.4. The summed E-state index contributed by atoms with van der Waals surface area (Å²) in [4.78, 5) is 12.4. The summed E-state index contributed by atoms with van der Waals surface area (Å²) in [5.74, 6) is 0. The van der Waals surface area contributed by atoms with Gasteiger partial charge in [0.25, 0.3) is 0 Å². The van der Waals surface area contributed by atoms with Crippen molar-refractivity contribution in [3.8, 4) is 0 Å². The monoisotopic (exact) mass is 302 g/mol. The minimum absolute atomic E-state index is 0.354. The van der Waals surface area contributed by atoms with Crippen molar-refractivity contribution in [2.24, 2.45) is 0 Å². The number of aromatic nitrogens is 4. The Labute approximate surface area is 128 Å². The summed E-state index contributed by atoms with van der Waals surface area (Å²) in [6.07, 6.45) is 0. The lowest BCUT2D eigenvalue weighted by atomic mass is 10.0. The van der Waals surface area contributed by atoms with Crippen molar-refractivity contribution in [1.82, 2.24) is 20.0 Å². The maximum atomic E-state index is 12.4. The molecule has 110 valence electrons. The van der Waals surface area contributed by atoms with Crippen LogP contribution in [0.2, 0.25) is 0 Å². The molecule has 0 aliphatic rings. The standard InChI is InChI=1S/C17H10N4O2/c1-9-6-7-13-12(8-9)15-14(16-18-19-20-21(13)16)10-4-2-3-5-11(10)17(22)23-15/h2-8H,1H3. The van der Waals surface area contributed by atoms with Crippen molar-refractivity contribution in [2.75, 3.05) is 0 Å². The fourth-order valence-corrected chi connectivity index (χ4v) is 3.13. The highest BCUT2D eigenvalue weighted by Gasteiger charge is 2.17. The predicted octanol–water partition coefficient (Wildman–Crippen LogP) is 2.85. The van der Waals surface area contributed by atoms with Crippen molar-refractivity contribution < 1.29 is 4.42 Å². The molecule has 0 amide bonds. The lowest BCUT2D eigenvalue weighted by Crippen LogP contribution is -2.02. The van der Waals surface area contributed by atoms with Crippen LogP contribution in [-0.2, 0) is 0 Å². The van der Waals surface area contributed by atoms with E-state index in [4.69, 9.17) is 4.42 Å². The Hall–Kier alpha value is -3.28. The molecule has 5 aromatic rings. The summed E-state index contributed by atoms with van der Waals surface area (Å²) in [5.41, 5.74) is 2.63. The first-order valence-corrected chi connectivity index (χ1v) is 7.20. The van der Waals surface area contributed by atoms with E-state index in [0.717, 1.165) is 27.2 Å². The molecular weight excluding hydrogens is 292 g/mol. The predicted molar refractivity (Wildman–Crippen MR) is 86.6 cm³/mol. The van der Waals surface area contributed by atoms with Crippen LogP contribution in [0.4, 0.5) is 0 Å². The van der Waals surface area contributed by atoms with Crippen molar-refractivity contribution in [3.63, 3.8) is 0 Å². The Morgan fingerprint density at radius 3 is 2.74 bits per heavy atom. The van der Waals surface area contributed by atoms with Crippen LogP contribution in [0.5, 0.6) is 0 Å². The highest BCUT2D eigenvalue weighted by molar-refractivity contribution is 6.18. The molecule has 0 radical (unpaired) electrons. The Morgan fingerprint density at radius 2 is 1.87 bits per heavy atom. The van der Waals surface area contributed by atoms with E-state index in [1.807, 2.05) is 43.3 Å². The average Bonchev–Trinajstić information content (AvgIpc) is 3.04. The number of benzene rings is 2. The van der Waals surface area contributed by atoms with Gasteiger partial charge in [-0.15, -0.1) is 5.10 Å². The number of fused-ring (bicyclic) bond motifs is 8. The summed E-state index contributed by atoms with van der Waals surface area (Å²) >= 11 is 0. The summed E-state index contributed by atoms with van der Waals surface area (Å²) in [7, 11) is 0. The van der Waals surface area contributed by atoms with Crippen LogP contribution < -0.4 is 5.63 Å². The van der Waals surface area contributed by atoms with Gasteiger partial charge in [-0.05, 0) is 35.5 Å². The second-order valence-electron chi connectivity index (χ2n) is 5.57. The molecule has 0 bridgehead atoms. The topological polar surface area (TPSA) is 73.3 Å². The number of tetrazole rings is 1. The number of nitrogens with zero attached hydrogens (tertiary/aromatic N) is 4. The van der Waals surface area contributed by atoms with E-state index in [2.05, 4.69) is 15.5 Å². The van der Waals surface area contributed by atoms with Gasteiger partial charge in [0, 0.05) is 10.8 Å². The van der Waals surface area contributed by atoms with E-state index in [0.29, 0.717) is 16.6 Å². The molecule has 0 aliphatic heterocycles. The van der Waals surface area contributed by atoms with E-state index in [-0.39, 0.29) is 5.63 Å². The second-order valence-corrected chi connectivity index (χ2v) is 5.57. The molecule has 6 heteroatoms. The zero-order valence-corrected chi connectivity index (χ0v) is 12.1. The molecule has 0 atom stereocenters. The molecule has 3 heterocycles. The Morgan fingerprint density at radius 1 is 1.04 bits per heavy atom. The van der Waals surface area contributed by atoms with E-state index in [1.165, 1.54) is 0 Å². The number of hydrogen-bond acceptors (Lipinski definition) is 5. The molecule has 5 rings (SSSR count). The minimum Gasteiger partial charge on any atom is -0.421 e. The Balaban J connectivity index is 2.26. The Bertz CT molecular complexity index is 1300. The van der Waals surface area contributed by atoms with Crippen LogP contribution in [0.3, 0.4) is 0 Å². The van der Waals surface area contributed by atoms with Gasteiger partial charge in [-0.1, -0.05) is 29.8 Å². The van der Waals surface area contributed by atoms with Crippen molar-refractivity contribution >= 4 is 38.3 Å². The van der Waals surface area contributed by atoms with Gasteiger partial charge in [0.15, 0.2) is 11.2 Å². The van der Waals surface area contributed by atoms with Gasteiger partial charge in [-0.3, -0.25) is 0 Å². The van der Waals surface area contributed by atoms with Crippen LogP contribution in [-0.4, -0.2) is 20.0 Å². The SMILES string of the molecule is Cc1ccc2c(c1)c1oc(=O)c3ccccc3c1c1nnnn21. The number of hydrogen-bond donors (Lipinski definition) is 0. The fraction of sp³-hybridized carbons (Fsp3) is 0.0588. The summed E-state index contributed by atoms with van der Waals surface area (Å²) < 4.78 is 7.34. The molecule has 3 aromatic heterocycles. The lowest BCUT2D eigenvalue weighted by molar-refractivity contribution is 0.572. The zero-order valence-electron chi connectivity index (χ0n) is 12.1. The summed E-state index contributed by atoms with van der Waals surface area (Å²) in [5, 5.41) is 14.9. The first-order valence-electron chi connectivity index (χ1n) is 7.20. The van der Waals surface area contributed by atoms with Gasteiger partial charge in [-0.2, -0.15) is 4.52 Å². The van der Waals surface area contributed by atoms with E-state index in [1.54, 1.807) is 10.6 Å². The lowest BCUT2D eigenvalue weighted by Gasteiger charge is -2.08. The highest BCUT2D eigenvalue weighted by atomic mass is 16.4. The molecule has 2 aromatic carbocycles. The van der Waals surface area contributed by atoms with Crippen LogP contribution in [0.15, 0.2) is 51.7 Å². The molecule has 0 aliphatic carbocycles. The van der Waals surface area contributed by atoms with Crippen LogP contribution in [0.1, 0.15) is 5.56 Å². The number of pyridine rings is 1. The quantitative estimate of drug-likeness (QED) is 0.411. The molecule has 0 spiro atoms. The Kier molecular flexibility index (Phi) is 2.21. The van der Waals surface area contributed by atoms with Crippen molar-refractivity contribution in [2.45, 2.75) is 6.92 Å². The number of rotatable bonds is 0. The molecule has 0 saturated heterocycles. The third kappa shape index (κ3) is 1.52. The van der Waals surface area contributed by atoms with Gasteiger partial charge in [0.05, 0.1) is 16.3 Å². The van der Waals surface area contributed by atoms with E-state index in [9.17, 15) is 4.79 Å². The van der Waals surface area contributed by atoms with Crippen LogP contribution >= 0.6 is 0 Å². The molecule has 6 nitrogen and oxygen atoms in total. The van der Waals surface area contributed by atoms with Gasteiger partial charge in [-0.25, -0.2) is 4.79 Å².